The van der Waals surface area contributed by atoms with E-state index in [0.29, 0.717) is 30.0 Å². The number of aromatic nitrogens is 1. The number of hydrogen-bond acceptors (Lipinski definition) is 3. The monoisotopic (exact) mass is 415 g/mol. The van der Waals surface area contributed by atoms with Crippen LogP contribution in [0.5, 0.6) is 0 Å². The van der Waals surface area contributed by atoms with Crippen molar-refractivity contribution < 1.29 is 14.4 Å². The van der Waals surface area contributed by atoms with E-state index in [4.69, 9.17) is 0 Å². The molecular formula is C25H25N3O3. The Labute approximate surface area is 180 Å². The van der Waals surface area contributed by atoms with Crippen LogP contribution in [0.1, 0.15) is 43.0 Å². The fourth-order valence-electron chi connectivity index (χ4n) is 4.89. The van der Waals surface area contributed by atoms with E-state index in [1.165, 1.54) is 0 Å². The maximum atomic E-state index is 13.5. The summed E-state index contributed by atoms with van der Waals surface area (Å²) in [6.45, 7) is 1.90. The Hall–Kier alpha value is -3.41. The number of amides is 3. The zero-order valence-electron chi connectivity index (χ0n) is 17.5. The van der Waals surface area contributed by atoms with Crippen LogP contribution in [0.2, 0.25) is 0 Å². The summed E-state index contributed by atoms with van der Waals surface area (Å²) in [6, 6.07) is 16.8. The molecule has 158 valence electrons. The van der Waals surface area contributed by atoms with Crippen LogP contribution in [-0.4, -0.2) is 39.7 Å². The van der Waals surface area contributed by atoms with Gasteiger partial charge in [-0.1, -0.05) is 55.5 Å². The maximum Gasteiger partial charge on any atom is 0.325 e. The van der Waals surface area contributed by atoms with Gasteiger partial charge in [0.2, 0.25) is 0 Å². The van der Waals surface area contributed by atoms with Gasteiger partial charge in [-0.2, -0.15) is 0 Å². The smallest absolute Gasteiger partial charge is 0.325 e. The van der Waals surface area contributed by atoms with Crippen LogP contribution in [0.4, 0.5) is 4.79 Å². The molecule has 31 heavy (non-hydrogen) atoms. The second-order valence-electron chi connectivity index (χ2n) is 8.80. The summed E-state index contributed by atoms with van der Waals surface area (Å²) >= 11 is 0. The van der Waals surface area contributed by atoms with Gasteiger partial charge >= 0.3 is 6.03 Å². The molecule has 0 bridgehead atoms. The number of ketones is 1. The quantitative estimate of drug-likeness (QED) is 0.486. The van der Waals surface area contributed by atoms with E-state index in [-0.39, 0.29) is 18.2 Å². The third kappa shape index (κ3) is 3.23. The molecule has 2 aliphatic rings. The number of aromatic amines is 1. The molecule has 6 heteroatoms. The molecule has 1 aliphatic heterocycles. The Bertz CT molecular complexity index is 1170. The molecule has 0 atom stereocenters. The van der Waals surface area contributed by atoms with Crippen LogP contribution in [0, 0.1) is 5.92 Å². The van der Waals surface area contributed by atoms with Gasteiger partial charge in [0, 0.05) is 10.9 Å². The molecule has 3 amide bonds. The number of nitrogens with one attached hydrogen (secondary N) is 2. The first-order chi connectivity index (χ1) is 15.0. The van der Waals surface area contributed by atoms with Gasteiger partial charge < -0.3 is 10.3 Å². The Balaban J connectivity index is 1.49. The number of fused-ring (bicyclic) bond motifs is 1. The average Bonchev–Trinajstić information content (AvgIpc) is 3.28. The lowest BCUT2D eigenvalue weighted by molar-refractivity contribution is -0.132. The molecule has 2 heterocycles. The first kappa shape index (κ1) is 19.5. The number of imide groups is 1. The van der Waals surface area contributed by atoms with E-state index in [0.717, 1.165) is 34.2 Å². The van der Waals surface area contributed by atoms with E-state index in [1.54, 1.807) is 0 Å². The topological polar surface area (TPSA) is 82.3 Å². The standard InChI is InChI=1S/C25H25N3O3/c1-16-11-13-25(14-12-16)23(30)28(24(31)27-25)15-20(29)21-18-9-5-6-10-19(18)26-22(21)17-7-3-2-4-8-17/h2-10,16,26H,11-15H2,1H3,(H,27,31). The molecule has 2 N–H and O–H groups in total. The number of carbonyl (C=O) groups excluding carboxylic acids is 3. The van der Waals surface area contributed by atoms with Gasteiger partial charge in [0.05, 0.1) is 17.8 Å². The predicted molar refractivity (Wildman–Crippen MR) is 119 cm³/mol. The zero-order chi connectivity index (χ0) is 21.6. The molecule has 1 saturated heterocycles. The molecule has 6 nitrogen and oxygen atoms in total. The second kappa shape index (κ2) is 7.38. The minimum absolute atomic E-state index is 0.249. The number of benzene rings is 2. The Morgan fingerprint density at radius 1 is 1.03 bits per heavy atom. The molecule has 1 spiro atoms. The Kier molecular flexibility index (Phi) is 4.65. The van der Waals surface area contributed by atoms with Crippen molar-refractivity contribution in [2.75, 3.05) is 6.54 Å². The molecule has 3 aromatic rings. The van der Waals surface area contributed by atoms with Gasteiger partial charge in [-0.3, -0.25) is 14.5 Å². The highest BCUT2D eigenvalue weighted by Crippen LogP contribution is 2.37. The van der Waals surface area contributed by atoms with E-state index < -0.39 is 11.6 Å². The highest BCUT2D eigenvalue weighted by Gasteiger charge is 2.52. The van der Waals surface area contributed by atoms with Crippen molar-refractivity contribution in [3.63, 3.8) is 0 Å². The predicted octanol–water partition coefficient (Wildman–Crippen LogP) is 4.52. The largest absolute Gasteiger partial charge is 0.354 e. The van der Waals surface area contributed by atoms with Gasteiger partial charge in [0.25, 0.3) is 5.91 Å². The average molecular weight is 415 g/mol. The van der Waals surface area contributed by atoms with Crippen LogP contribution >= 0.6 is 0 Å². The lowest BCUT2D eigenvalue weighted by Gasteiger charge is -2.33. The summed E-state index contributed by atoms with van der Waals surface area (Å²) < 4.78 is 0. The van der Waals surface area contributed by atoms with Crippen molar-refractivity contribution in [2.24, 2.45) is 5.92 Å². The lowest BCUT2D eigenvalue weighted by Crippen LogP contribution is -2.49. The minimum atomic E-state index is -0.841. The number of H-pyrrole nitrogens is 1. The van der Waals surface area contributed by atoms with Crippen LogP contribution in [0.25, 0.3) is 22.2 Å². The summed E-state index contributed by atoms with van der Waals surface area (Å²) in [5, 5.41) is 3.69. The van der Waals surface area contributed by atoms with Crippen molar-refractivity contribution in [2.45, 2.75) is 38.1 Å². The van der Waals surface area contributed by atoms with Crippen molar-refractivity contribution >= 4 is 28.6 Å². The van der Waals surface area contributed by atoms with Crippen molar-refractivity contribution in [1.29, 1.82) is 0 Å². The minimum Gasteiger partial charge on any atom is -0.354 e. The first-order valence-corrected chi connectivity index (χ1v) is 10.8. The zero-order valence-corrected chi connectivity index (χ0v) is 17.5. The number of rotatable bonds is 4. The van der Waals surface area contributed by atoms with Crippen molar-refractivity contribution in [3.05, 3.63) is 60.2 Å². The van der Waals surface area contributed by atoms with Crippen LogP contribution in [0.3, 0.4) is 0 Å². The fourth-order valence-corrected chi connectivity index (χ4v) is 4.89. The van der Waals surface area contributed by atoms with E-state index in [1.807, 2.05) is 54.6 Å². The molecule has 0 unspecified atom stereocenters. The highest BCUT2D eigenvalue weighted by atomic mass is 16.2. The summed E-state index contributed by atoms with van der Waals surface area (Å²) in [6.07, 6.45) is 3.06. The Morgan fingerprint density at radius 2 is 1.71 bits per heavy atom. The number of hydrogen-bond donors (Lipinski definition) is 2. The van der Waals surface area contributed by atoms with Crippen molar-refractivity contribution in [3.8, 4) is 11.3 Å². The van der Waals surface area contributed by atoms with Gasteiger partial charge in [-0.05, 0) is 43.2 Å². The Morgan fingerprint density at radius 3 is 2.45 bits per heavy atom. The van der Waals surface area contributed by atoms with Gasteiger partial charge in [-0.15, -0.1) is 0 Å². The third-order valence-electron chi connectivity index (χ3n) is 6.72. The van der Waals surface area contributed by atoms with E-state index >= 15 is 0 Å². The molecule has 2 fully saturated rings. The number of Topliss-reactive ketones (excluding diaryl/α,β-unsaturated/α-hetero) is 1. The van der Waals surface area contributed by atoms with Crippen LogP contribution in [-0.2, 0) is 4.79 Å². The number of nitrogens with zero attached hydrogens (tertiary/aromatic N) is 1. The molecular weight excluding hydrogens is 390 g/mol. The number of carbonyl (C=O) groups is 3. The third-order valence-corrected chi connectivity index (χ3v) is 6.72. The summed E-state index contributed by atoms with van der Waals surface area (Å²) in [7, 11) is 0. The summed E-state index contributed by atoms with van der Waals surface area (Å²) in [5.74, 6) is 0.0329. The van der Waals surface area contributed by atoms with Crippen LogP contribution < -0.4 is 5.32 Å². The molecule has 1 aliphatic carbocycles. The highest BCUT2D eigenvalue weighted by molar-refractivity contribution is 6.17. The van der Waals surface area contributed by atoms with Gasteiger partial charge in [0.15, 0.2) is 5.78 Å². The van der Waals surface area contributed by atoms with E-state index in [9.17, 15) is 14.4 Å². The maximum absolute atomic E-state index is 13.5. The molecule has 1 saturated carbocycles. The van der Waals surface area contributed by atoms with Crippen molar-refractivity contribution in [1.82, 2.24) is 15.2 Å². The molecule has 2 aromatic carbocycles. The summed E-state index contributed by atoms with van der Waals surface area (Å²) in [4.78, 5) is 43.8. The molecule has 1 aromatic heterocycles. The van der Waals surface area contributed by atoms with Gasteiger partial charge in [0.1, 0.15) is 5.54 Å². The normalized spacial score (nSPS) is 23.5. The first-order valence-electron chi connectivity index (χ1n) is 10.8. The molecule has 0 radical (unpaired) electrons. The lowest BCUT2D eigenvalue weighted by atomic mass is 9.77. The fraction of sp³-hybridized carbons (Fsp3) is 0.320. The molecule has 5 rings (SSSR count). The summed E-state index contributed by atoms with van der Waals surface area (Å²) in [5.41, 5.74) is 2.11. The number of urea groups is 1. The number of para-hydroxylation sites is 1. The second-order valence-corrected chi connectivity index (χ2v) is 8.80. The van der Waals surface area contributed by atoms with Gasteiger partial charge in [-0.25, -0.2) is 4.79 Å². The SMILES string of the molecule is CC1CCC2(CC1)NC(=O)N(CC(=O)c1c(-c3ccccc3)[nH]c3ccccc13)C2=O. The van der Waals surface area contributed by atoms with E-state index in [2.05, 4.69) is 17.2 Å². The van der Waals surface area contributed by atoms with Crippen LogP contribution in [0.15, 0.2) is 54.6 Å².